The fraction of sp³-hybridized carbons (Fsp3) is 0.400. The van der Waals surface area contributed by atoms with Gasteiger partial charge in [0.25, 0.3) is 0 Å². The van der Waals surface area contributed by atoms with Crippen LogP contribution in [0.15, 0.2) is 24.3 Å². The number of alkyl halides is 3. The van der Waals surface area contributed by atoms with E-state index in [-0.39, 0.29) is 6.54 Å². The SMILES string of the molecule is NCCC(O)(c1ccccc1O)C(F)(F)F. The Balaban J connectivity index is 3.28. The number of phenols is 1. The minimum atomic E-state index is -4.88. The summed E-state index contributed by atoms with van der Waals surface area (Å²) in [6.07, 6.45) is -5.58. The molecule has 16 heavy (non-hydrogen) atoms. The lowest BCUT2D eigenvalue weighted by Gasteiger charge is -2.31. The molecule has 1 aromatic rings. The Bertz CT molecular complexity index is 367. The molecule has 0 saturated carbocycles. The quantitative estimate of drug-likeness (QED) is 0.743. The number of aromatic hydroxyl groups is 1. The van der Waals surface area contributed by atoms with E-state index in [2.05, 4.69) is 0 Å². The maximum Gasteiger partial charge on any atom is 0.421 e. The van der Waals surface area contributed by atoms with E-state index in [0.29, 0.717) is 0 Å². The van der Waals surface area contributed by atoms with E-state index in [1.807, 2.05) is 0 Å². The second-order valence-electron chi connectivity index (χ2n) is 3.41. The van der Waals surface area contributed by atoms with E-state index in [0.717, 1.165) is 12.1 Å². The first-order chi connectivity index (χ1) is 7.33. The number of rotatable bonds is 3. The fourth-order valence-electron chi connectivity index (χ4n) is 1.46. The van der Waals surface area contributed by atoms with Crippen molar-refractivity contribution < 1.29 is 23.4 Å². The Morgan fingerprint density at radius 1 is 1.19 bits per heavy atom. The van der Waals surface area contributed by atoms with Crippen LogP contribution < -0.4 is 5.73 Å². The van der Waals surface area contributed by atoms with Crippen molar-refractivity contribution in [2.75, 3.05) is 6.54 Å². The van der Waals surface area contributed by atoms with Crippen molar-refractivity contribution in [2.24, 2.45) is 5.73 Å². The van der Waals surface area contributed by atoms with Crippen LogP contribution in [-0.2, 0) is 5.60 Å². The molecule has 0 saturated heterocycles. The molecule has 0 aliphatic carbocycles. The zero-order valence-electron chi connectivity index (χ0n) is 8.33. The van der Waals surface area contributed by atoms with Gasteiger partial charge in [-0.05, 0) is 12.6 Å². The highest BCUT2D eigenvalue weighted by atomic mass is 19.4. The summed E-state index contributed by atoms with van der Waals surface area (Å²) in [5, 5.41) is 19.0. The van der Waals surface area contributed by atoms with Crippen LogP contribution in [0.4, 0.5) is 13.2 Å². The van der Waals surface area contributed by atoms with E-state index in [4.69, 9.17) is 5.73 Å². The monoisotopic (exact) mass is 235 g/mol. The summed E-state index contributed by atoms with van der Waals surface area (Å²) in [5.74, 6) is -0.601. The maximum absolute atomic E-state index is 12.7. The minimum absolute atomic E-state index is 0.343. The Morgan fingerprint density at radius 3 is 2.19 bits per heavy atom. The van der Waals surface area contributed by atoms with Crippen LogP contribution >= 0.6 is 0 Å². The van der Waals surface area contributed by atoms with Gasteiger partial charge in [0.05, 0.1) is 0 Å². The fourth-order valence-corrected chi connectivity index (χ4v) is 1.46. The summed E-state index contributed by atoms with van der Waals surface area (Å²) >= 11 is 0. The van der Waals surface area contributed by atoms with E-state index in [9.17, 15) is 23.4 Å². The molecule has 90 valence electrons. The number of benzene rings is 1. The van der Waals surface area contributed by atoms with Gasteiger partial charge in [0.2, 0.25) is 0 Å². The highest BCUT2D eigenvalue weighted by Crippen LogP contribution is 2.44. The van der Waals surface area contributed by atoms with Crippen molar-refractivity contribution in [3.63, 3.8) is 0 Å². The van der Waals surface area contributed by atoms with Crippen molar-refractivity contribution in [1.29, 1.82) is 0 Å². The van der Waals surface area contributed by atoms with Crippen LogP contribution in [0.1, 0.15) is 12.0 Å². The first-order valence-corrected chi connectivity index (χ1v) is 4.60. The summed E-state index contributed by atoms with van der Waals surface area (Å²) in [7, 11) is 0. The maximum atomic E-state index is 12.7. The number of hydrogen-bond acceptors (Lipinski definition) is 3. The zero-order chi connectivity index (χ0) is 12.4. The Hall–Kier alpha value is -1.27. The third kappa shape index (κ3) is 2.12. The molecular formula is C10H12F3NO2. The molecular weight excluding hydrogens is 223 g/mol. The lowest BCUT2D eigenvalue weighted by Crippen LogP contribution is -2.43. The molecule has 0 aliphatic heterocycles. The minimum Gasteiger partial charge on any atom is -0.508 e. The van der Waals surface area contributed by atoms with Crippen LogP contribution in [0.25, 0.3) is 0 Å². The molecule has 6 heteroatoms. The molecule has 0 radical (unpaired) electrons. The second-order valence-corrected chi connectivity index (χ2v) is 3.41. The Morgan fingerprint density at radius 2 is 1.75 bits per heavy atom. The van der Waals surface area contributed by atoms with Crippen LogP contribution in [0, 0.1) is 0 Å². The predicted molar refractivity (Wildman–Crippen MR) is 51.7 cm³/mol. The Labute approximate surface area is 90.3 Å². The van der Waals surface area contributed by atoms with Crippen molar-refractivity contribution in [2.45, 2.75) is 18.2 Å². The first kappa shape index (κ1) is 12.8. The number of aliphatic hydroxyl groups is 1. The van der Waals surface area contributed by atoms with Gasteiger partial charge in [0.1, 0.15) is 5.75 Å². The van der Waals surface area contributed by atoms with Gasteiger partial charge in [-0.25, -0.2) is 0 Å². The van der Waals surface area contributed by atoms with Crippen molar-refractivity contribution in [1.82, 2.24) is 0 Å². The van der Waals surface area contributed by atoms with E-state index in [1.54, 1.807) is 0 Å². The number of hydrogen-bond donors (Lipinski definition) is 3. The average Bonchev–Trinajstić information content (AvgIpc) is 2.16. The van der Waals surface area contributed by atoms with E-state index in [1.165, 1.54) is 12.1 Å². The average molecular weight is 235 g/mol. The molecule has 0 fully saturated rings. The molecule has 0 aliphatic rings. The van der Waals surface area contributed by atoms with Gasteiger partial charge in [-0.15, -0.1) is 0 Å². The van der Waals surface area contributed by atoms with Crippen molar-refractivity contribution in [3.8, 4) is 5.75 Å². The lowest BCUT2D eigenvalue weighted by molar-refractivity contribution is -0.268. The smallest absolute Gasteiger partial charge is 0.421 e. The van der Waals surface area contributed by atoms with Gasteiger partial charge in [0, 0.05) is 12.0 Å². The number of halogens is 3. The molecule has 4 N–H and O–H groups in total. The lowest BCUT2D eigenvalue weighted by atomic mass is 9.89. The van der Waals surface area contributed by atoms with Gasteiger partial charge < -0.3 is 15.9 Å². The number of para-hydroxylation sites is 1. The molecule has 1 atom stereocenters. The van der Waals surface area contributed by atoms with Gasteiger partial charge in [-0.2, -0.15) is 13.2 Å². The molecule has 1 unspecified atom stereocenters. The highest BCUT2D eigenvalue weighted by molar-refractivity contribution is 5.37. The standard InChI is InChI=1S/C10H12F3NO2/c11-10(12,13)9(16,5-6-14)7-3-1-2-4-8(7)15/h1-4,15-16H,5-6,14H2. The normalized spacial score (nSPS) is 15.8. The molecule has 0 bridgehead atoms. The molecule has 0 aromatic heterocycles. The number of phenolic OH excluding ortho intramolecular Hbond substituents is 1. The van der Waals surface area contributed by atoms with Crippen LogP contribution in [0.5, 0.6) is 5.75 Å². The summed E-state index contributed by atoms with van der Waals surface area (Å²) in [4.78, 5) is 0. The summed E-state index contributed by atoms with van der Waals surface area (Å²) in [6, 6.07) is 4.79. The second kappa shape index (κ2) is 4.31. The van der Waals surface area contributed by atoms with Gasteiger partial charge in [-0.1, -0.05) is 18.2 Å². The van der Waals surface area contributed by atoms with Crippen LogP contribution in [-0.4, -0.2) is 22.9 Å². The van der Waals surface area contributed by atoms with E-state index < -0.39 is 29.5 Å². The van der Waals surface area contributed by atoms with E-state index >= 15 is 0 Å². The predicted octanol–water partition coefficient (Wildman–Crippen LogP) is 1.49. The van der Waals surface area contributed by atoms with Crippen molar-refractivity contribution >= 4 is 0 Å². The third-order valence-electron chi connectivity index (χ3n) is 2.32. The summed E-state index contributed by atoms with van der Waals surface area (Å²) in [5.41, 5.74) is 1.38. The largest absolute Gasteiger partial charge is 0.508 e. The molecule has 1 rings (SSSR count). The first-order valence-electron chi connectivity index (χ1n) is 4.60. The molecule has 0 spiro atoms. The molecule has 3 nitrogen and oxygen atoms in total. The molecule has 0 heterocycles. The van der Waals surface area contributed by atoms with Crippen LogP contribution in [0.3, 0.4) is 0 Å². The third-order valence-corrected chi connectivity index (χ3v) is 2.32. The molecule has 1 aromatic carbocycles. The van der Waals surface area contributed by atoms with Gasteiger partial charge in [0.15, 0.2) is 5.60 Å². The Kier molecular flexibility index (Phi) is 3.44. The zero-order valence-corrected chi connectivity index (χ0v) is 8.33. The van der Waals surface area contributed by atoms with Crippen LogP contribution in [0.2, 0.25) is 0 Å². The topological polar surface area (TPSA) is 66.5 Å². The van der Waals surface area contributed by atoms with Gasteiger partial charge in [-0.3, -0.25) is 0 Å². The van der Waals surface area contributed by atoms with Gasteiger partial charge >= 0.3 is 6.18 Å². The number of nitrogens with two attached hydrogens (primary N) is 1. The summed E-state index contributed by atoms with van der Waals surface area (Å²) in [6.45, 7) is -0.343. The molecule has 0 amide bonds. The summed E-state index contributed by atoms with van der Waals surface area (Å²) < 4.78 is 38.2. The highest BCUT2D eigenvalue weighted by Gasteiger charge is 2.55. The van der Waals surface area contributed by atoms with Crippen molar-refractivity contribution in [3.05, 3.63) is 29.8 Å².